The van der Waals surface area contributed by atoms with Crippen molar-refractivity contribution in [3.63, 3.8) is 0 Å². The average molecular weight is 207 g/mol. The lowest BCUT2D eigenvalue weighted by atomic mass is 10.2. The van der Waals surface area contributed by atoms with Gasteiger partial charge < -0.3 is 15.2 Å². The molecule has 0 unspecified atom stereocenters. The topological polar surface area (TPSA) is 58.6 Å². The van der Waals surface area contributed by atoms with Crippen molar-refractivity contribution >= 4 is 11.6 Å². The van der Waals surface area contributed by atoms with Crippen LogP contribution in [0.2, 0.25) is 0 Å². The third kappa shape index (κ3) is 2.49. The van der Waals surface area contributed by atoms with Crippen molar-refractivity contribution < 1.29 is 14.6 Å². The number of phenols is 1. The Morgan fingerprint density at radius 3 is 2.73 bits per heavy atom. The number of hydrogen-bond acceptors (Lipinski definition) is 3. The zero-order valence-corrected chi connectivity index (χ0v) is 8.70. The quantitative estimate of drug-likeness (QED) is 0.588. The van der Waals surface area contributed by atoms with Crippen molar-refractivity contribution in [3.05, 3.63) is 30.4 Å². The van der Waals surface area contributed by atoms with Gasteiger partial charge >= 0.3 is 0 Å². The first-order chi connectivity index (χ1) is 7.06. The highest BCUT2D eigenvalue weighted by Gasteiger charge is 2.10. The van der Waals surface area contributed by atoms with E-state index in [9.17, 15) is 9.90 Å². The van der Waals surface area contributed by atoms with E-state index >= 15 is 0 Å². The number of hydrogen-bond donors (Lipinski definition) is 2. The zero-order chi connectivity index (χ0) is 11.4. The molecular weight excluding hydrogens is 194 g/mol. The molecule has 0 aromatic heterocycles. The normalized spacial score (nSPS) is 9.47. The maximum absolute atomic E-state index is 11.3. The van der Waals surface area contributed by atoms with E-state index in [1.54, 1.807) is 25.1 Å². The molecule has 15 heavy (non-hydrogen) atoms. The summed E-state index contributed by atoms with van der Waals surface area (Å²) >= 11 is 0. The number of nitrogens with one attached hydrogen (secondary N) is 1. The van der Waals surface area contributed by atoms with Gasteiger partial charge in [-0.3, -0.25) is 4.79 Å². The minimum absolute atomic E-state index is 0.0883. The monoisotopic (exact) mass is 207 g/mol. The number of aromatic hydroxyl groups is 1. The molecule has 80 valence electrons. The van der Waals surface area contributed by atoms with Crippen LogP contribution in [0, 0.1) is 0 Å². The van der Waals surface area contributed by atoms with Gasteiger partial charge in [0.25, 0.3) is 5.91 Å². The summed E-state index contributed by atoms with van der Waals surface area (Å²) in [5.41, 5.74) is 0.680. The van der Waals surface area contributed by atoms with E-state index in [0.717, 1.165) is 0 Å². The Bertz CT molecular complexity index is 399. The zero-order valence-electron chi connectivity index (χ0n) is 8.70. The lowest BCUT2D eigenvalue weighted by Crippen LogP contribution is -2.11. The van der Waals surface area contributed by atoms with Crippen molar-refractivity contribution in [2.24, 2.45) is 0 Å². The second-order valence-corrected chi connectivity index (χ2v) is 3.09. The van der Waals surface area contributed by atoms with Gasteiger partial charge in [0.05, 0.1) is 12.8 Å². The number of rotatable bonds is 3. The fourth-order valence-electron chi connectivity index (χ4n) is 1.02. The Labute approximate surface area is 88.2 Å². The van der Waals surface area contributed by atoms with Crippen LogP contribution in [0.25, 0.3) is 0 Å². The number of methoxy groups -OCH3 is 1. The number of carbonyl (C=O) groups excluding carboxylic acids is 1. The second kappa shape index (κ2) is 4.50. The van der Waals surface area contributed by atoms with E-state index in [2.05, 4.69) is 11.9 Å². The molecule has 1 aromatic carbocycles. The SMILES string of the molecule is C=C(C)C(=O)Nc1cccc(OC)c1O. The van der Waals surface area contributed by atoms with Crippen LogP contribution in [0.1, 0.15) is 6.92 Å². The number of phenolic OH excluding ortho intramolecular Hbond substituents is 1. The second-order valence-electron chi connectivity index (χ2n) is 3.09. The van der Waals surface area contributed by atoms with Gasteiger partial charge in [0.1, 0.15) is 0 Å². The van der Waals surface area contributed by atoms with E-state index in [-0.39, 0.29) is 11.7 Å². The first-order valence-corrected chi connectivity index (χ1v) is 4.39. The van der Waals surface area contributed by atoms with Gasteiger partial charge in [-0.1, -0.05) is 12.6 Å². The van der Waals surface area contributed by atoms with Crippen molar-refractivity contribution in [2.45, 2.75) is 6.92 Å². The summed E-state index contributed by atoms with van der Waals surface area (Å²) in [6.07, 6.45) is 0. The molecule has 1 amide bonds. The first kappa shape index (κ1) is 11.1. The predicted octanol–water partition coefficient (Wildman–Crippen LogP) is 1.92. The van der Waals surface area contributed by atoms with Gasteiger partial charge in [-0.15, -0.1) is 0 Å². The molecule has 0 saturated carbocycles. The minimum Gasteiger partial charge on any atom is -0.503 e. The number of anilines is 1. The van der Waals surface area contributed by atoms with Gasteiger partial charge in [0.2, 0.25) is 0 Å². The van der Waals surface area contributed by atoms with Gasteiger partial charge in [0, 0.05) is 5.57 Å². The van der Waals surface area contributed by atoms with Crippen LogP contribution in [0.5, 0.6) is 11.5 Å². The molecule has 0 aliphatic carbocycles. The number of amides is 1. The smallest absolute Gasteiger partial charge is 0.250 e. The molecule has 0 saturated heterocycles. The summed E-state index contributed by atoms with van der Waals surface area (Å²) in [4.78, 5) is 11.3. The molecule has 4 nitrogen and oxygen atoms in total. The van der Waals surface area contributed by atoms with Crippen LogP contribution in [0.15, 0.2) is 30.4 Å². The molecule has 1 aromatic rings. The fraction of sp³-hybridized carbons (Fsp3) is 0.182. The Kier molecular flexibility index (Phi) is 3.33. The number of carbonyl (C=O) groups is 1. The summed E-state index contributed by atoms with van der Waals surface area (Å²) in [6.45, 7) is 5.09. The summed E-state index contributed by atoms with van der Waals surface area (Å²) in [5, 5.41) is 12.2. The summed E-state index contributed by atoms with van der Waals surface area (Å²) in [6, 6.07) is 4.86. The molecule has 1 rings (SSSR count). The molecule has 4 heteroatoms. The highest BCUT2D eigenvalue weighted by Crippen LogP contribution is 2.33. The Morgan fingerprint density at radius 1 is 1.53 bits per heavy atom. The van der Waals surface area contributed by atoms with E-state index in [1.807, 2.05) is 0 Å². The van der Waals surface area contributed by atoms with Gasteiger partial charge in [-0.05, 0) is 19.1 Å². The molecule has 0 heterocycles. The molecule has 0 atom stereocenters. The fourth-order valence-corrected chi connectivity index (χ4v) is 1.02. The third-order valence-electron chi connectivity index (χ3n) is 1.85. The Hall–Kier alpha value is -1.97. The molecular formula is C11H13NO3. The van der Waals surface area contributed by atoms with Gasteiger partial charge in [0.15, 0.2) is 11.5 Å². The number of benzene rings is 1. The Balaban J connectivity index is 2.95. The van der Waals surface area contributed by atoms with Crippen LogP contribution >= 0.6 is 0 Å². The van der Waals surface area contributed by atoms with E-state index in [1.165, 1.54) is 7.11 Å². The van der Waals surface area contributed by atoms with Crippen LogP contribution in [-0.2, 0) is 4.79 Å². The van der Waals surface area contributed by atoms with Crippen molar-refractivity contribution in [1.82, 2.24) is 0 Å². The largest absolute Gasteiger partial charge is 0.503 e. The van der Waals surface area contributed by atoms with E-state index in [4.69, 9.17) is 4.74 Å². The van der Waals surface area contributed by atoms with Crippen LogP contribution in [0.4, 0.5) is 5.69 Å². The molecule has 0 fully saturated rings. The highest BCUT2D eigenvalue weighted by molar-refractivity contribution is 6.03. The van der Waals surface area contributed by atoms with Crippen LogP contribution in [0.3, 0.4) is 0 Å². The summed E-state index contributed by atoms with van der Waals surface area (Å²) in [5.74, 6) is -0.109. The molecule has 2 N–H and O–H groups in total. The van der Waals surface area contributed by atoms with Crippen LogP contribution in [-0.4, -0.2) is 18.1 Å². The van der Waals surface area contributed by atoms with Gasteiger partial charge in [-0.25, -0.2) is 0 Å². The lowest BCUT2D eigenvalue weighted by molar-refractivity contribution is -0.112. The summed E-state index contributed by atoms with van der Waals surface area (Å²) in [7, 11) is 1.44. The van der Waals surface area contributed by atoms with E-state index in [0.29, 0.717) is 17.0 Å². The predicted molar refractivity (Wildman–Crippen MR) is 58.1 cm³/mol. The molecule has 0 bridgehead atoms. The number of para-hydroxylation sites is 1. The maximum atomic E-state index is 11.3. The lowest BCUT2D eigenvalue weighted by Gasteiger charge is -2.09. The van der Waals surface area contributed by atoms with Crippen LogP contribution < -0.4 is 10.1 Å². The first-order valence-electron chi connectivity index (χ1n) is 4.39. The standard InChI is InChI=1S/C11H13NO3/c1-7(2)11(14)12-8-5-4-6-9(15-3)10(8)13/h4-6,13H,1H2,2-3H3,(H,12,14). The molecule has 0 aliphatic heterocycles. The highest BCUT2D eigenvalue weighted by atomic mass is 16.5. The van der Waals surface area contributed by atoms with E-state index < -0.39 is 0 Å². The minimum atomic E-state index is -0.335. The Morgan fingerprint density at radius 2 is 2.20 bits per heavy atom. The maximum Gasteiger partial charge on any atom is 0.250 e. The van der Waals surface area contributed by atoms with Gasteiger partial charge in [-0.2, -0.15) is 0 Å². The number of ether oxygens (including phenoxy) is 1. The molecule has 0 spiro atoms. The van der Waals surface area contributed by atoms with Crippen molar-refractivity contribution in [2.75, 3.05) is 12.4 Å². The average Bonchev–Trinajstić information content (AvgIpc) is 2.21. The van der Waals surface area contributed by atoms with Crippen molar-refractivity contribution in [1.29, 1.82) is 0 Å². The summed E-state index contributed by atoms with van der Waals surface area (Å²) < 4.78 is 4.90. The van der Waals surface area contributed by atoms with Crippen molar-refractivity contribution in [3.8, 4) is 11.5 Å². The molecule has 0 aliphatic rings. The third-order valence-corrected chi connectivity index (χ3v) is 1.85. The molecule has 0 radical (unpaired) electrons.